The molecule has 4 rings (SSSR count). The Morgan fingerprint density at radius 1 is 1.03 bits per heavy atom. The van der Waals surface area contributed by atoms with E-state index in [9.17, 15) is 9.59 Å². The van der Waals surface area contributed by atoms with Crippen molar-refractivity contribution in [1.82, 2.24) is 19.8 Å². The lowest BCUT2D eigenvalue weighted by Crippen LogP contribution is -2.41. The normalized spacial score (nSPS) is 13.5. The van der Waals surface area contributed by atoms with E-state index in [-0.39, 0.29) is 18.0 Å². The standard InChI is InChI=1S/C27H32N4O2/c1-2-25-29-24-15-17-30(18-22-12-7-4-8-13-22)19-23(24)27(33)31(25)20-26(32)28-16-9-14-21-10-5-3-6-11-21/h3-8,10-13H,2,9,14-20H2,1H3,(H,28,32). The largest absolute Gasteiger partial charge is 0.355 e. The maximum absolute atomic E-state index is 13.4. The molecule has 0 saturated carbocycles. The van der Waals surface area contributed by atoms with Gasteiger partial charge in [0.15, 0.2) is 0 Å². The van der Waals surface area contributed by atoms with E-state index in [1.807, 2.05) is 43.3 Å². The smallest absolute Gasteiger partial charge is 0.258 e. The molecule has 6 heteroatoms. The van der Waals surface area contributed by atoms with Crippen molar-refractivity contribution in [1.29, 1.82) is 0 Å². The number of nitrogens with zero attached hydrogens (tertiary/aromatic N) is 3. The van der Waals surface area contributed by atoms with Crippen LogP contribution in [0.25, 0.3) is 0 Å². The molecule has 0 aliphatic carbocycles. The molecule has 2 aromatic carbocycles. The second-order valence-corrected chi connectivity index (χ2v) is 8.58. The molecule has 172 valence electrons. The summed E-state index contributed by atoms with van der Waals surface area (Å²) in [5, 5.41) is 2.96. The number of aryl methyl sites for hydroxylation is 2. The van der Waals surface area contributed by atoms with Crippen LogP contribution >= 0.6 is 0 Å². The van der Waals surface area contributed by atoms with E-state index in [0.717, 1.165) is 43.6 Å². The molecule has 0 saturated heterocycles. The van der Waals surface area contributed by atoms with Crippen LogP contribution in [-0.4, -0.2) is 33.4 Å². The van der Waals surface area contributed by atoms with E-state index in [1.54, 1.807) is 4.57 Å². The Morgan fingerprint density at radius 2 is 1.73 bits per heavy atom. The molecule has 0 bridgehead atoms. The molecule has 1 amide bonds. The van der Waals surface area contributed by atoms with Gasteiger partial charge in [0.1, 0.15) is 12.4 Å². The van der Waals surface area contributed by atoms with Crippen LogP contribution in [0.15, 0.2) is 65.5 Å². The van der Waals surface area contributed by atoms with Gasteiger partial charge in [-0.15, -0.1) is 0 Å². The first-order chi connectivity index (χ1) is 16.1. The van der Waals surface area contributed by atoms with E-state index in [2.05, 4.69) is 34.5 Å². The summed E-state index contributed by atoms with van der Waals surface area (Å²) in [4.78, 5) is 33.0. The number of nitrogens with one attached hydrogen (secondary N) is 1. The Kier molecular flexibility index (Phi) is 7.68. The van der Waals surface area contributed by atoms with Gasteiger partial charge in [-0.05, 0) is 24.0 Å². The van der Waals surface area contributed by atoms with E-state index in [0.29, 0.717) is 25.3 Å². The van der Waals surface area contributed by atoms with Gasteiger partial charge in [0.2, 0.25) is 5.91 Å². The zero-order valence-corrected chi connectivity index (χ0v) is 19.3. The van der Waals surface area contributed by atoms with Gasteiger partial charge in [-0.1, -0.05) is 67.6 Å². The number of fused-ring (bicyclic) bond motifs is 1. The lowest BCUT2D eigenvalue weighted by atomic mass is 10.1. The average molecular weight is 445 g/mol. The summed E-state index contributed by atoms with van der Waals surface area (Å²) in [5.74, 6) is 0.549. The van der Waals surface area contributed by atoms with Crippen LogP contribution in [0.4, 0.5) is 0 Å². The minimum absolute atomic E-state index is 0.0201. The van der Waals surface area contributed by atoms with E-state index >= 15 is 0 Å². The minimum atomic E-state index is -0.140. The summed E-state index contributed by atoms with van der Waals surface area (Å²) < 4.78 is 1.57. The highest BCUT2D eigenvalue weighted by molar-refractivity contribution is 5.75. The van der Waals surface area contributed by atoms with Gasteiger partial charge in [0.25, 0.3) is 5.56 Å². The predicted molar refractivity (Wildman–Crippen MR) is 130 cm³/mol. The molecule has 2 heterocycles. The van der Waals surface area contributed by atoms with Crippen LogP contribution in [-0.2, 0) is 43.7 Å². The fourth-order valence-electron chi connectivity index (χ4n) is 4.39. The highest BCUT2D eigenvalue weighted by Crippen LogP contribution is 2.17. The van der Waals surface area contributed by atoms with Gasteiger partial charge in [-0.3, -0.25) is 19.1 Å². The van der Waals surface area contributed by atoms with E-state index < -0.39 is 0 Å². The van der Waals surface area contributed by atoms with Gasteiger partial charge in [0, 0.05) is 39.0 Å². The van der Waals surface area contributed by atoms with Crippen molar-refractivity contribution >= 4 is 5.91 Å². The Bertz CT molecular complexity index is 1130. The van der Waals surface area contributed by atoms with Gasteiger partial charge >= 0.3 is 0 Å². The summed E-state index contributed by atoms with van der Waals surface area (Å²) in [6.07, 6.45) is 3.16. The number of amides is 1. The zero-order chi connectivity index (χ0) is 23.0. The lowest BCUT2D eigenvalue weighted by molar-refractivity contribution is -0.121. The lowest BCUT2D eigenvalue weighted by Gasteiger charge is -2.28. The van der Waals surface area contributed by atoms with Gasteiger partial charge in [-0.25, -0.2) is 4.98 Å². The molecule has 1 aliphatic rings. The summed E-state index contributed by atoms with van der Waals surface area (Å²) in [7, 11) is 0. The van der Waals surface area contributed by atoms with Gasteiger partial charge in [0.05, 0.1) is 11.3 Å². The first kappa shape index (κ1) is 22.9. The molecule has 3 aromatic rings. The van der Waals surface area contributed by atoms with E-state index in [4.69, 9.17) is 4.98 Å². The molecule has 0 unspecified atom stereocenters. The number of hydrogen-bond donors (Lipinski definition) is 1. The first-order valence-electron chi connectivity index (χ1n) is 11.8. The number of rotatable bonds is 9. The molecule has 0 spiro atoms. The van der Waals surface area contributed by atoms with Gasteiger partial charge < -0.3 is 5.32 Å². The van der Waals surface area contributed by atoms with Crippen LogP contribution in [0, 0.1) is 0 Å². The highest BCUT2D eigenvalue weighted by atomic mass is 16.2. The third-order valence-corrected chi connectivity index (χ3v) is 6.15. The second-order valence-electron chi connectivity index (χ2n) is 8.58. The van der Waals surface area contributed by atoms with Crippen molar-refractivity contribution in [2.24, 2.45) is 0 Å². The SMILES string of the molecule is CCc1nc2c(c(=O)n1CC(=O)NCCCc1ccccc1)CN(Cc1ccccc1)CC2. The van der Waals surface area contributed by atoms with Crippen LogP contribution in [0.2, 0.25) is 0 Å². The van der Waals surface area contributed by atoms with Gasteiger partial charge in [-0.2, -0.15) is 0 Å². The Balaban J connectivity index is 1.40. The summed E-state index contributed by atoms with van der Waals surface area (Å²) in [5.41, 5.74) is 4.03. The molecule has 1 N–H and O–H groups in total. The average Bonchev–Trinajstić information content (AvgIpc) is 2.85. The number of aromatic nitrogens is 2. The quantitative estimate of drug-likeness (QED) is 0.515. The second kappa shape index (κ2) is 11.1. The fraction of sp³-hybridized carbons (Fsp3) is 0.370. The van der Waals surface area contributed by atoms with Crippen LogP contribution in [0.5, 0.6) is 0 Å². The molecule has 33 heavy (non-hydrogen) atoms. The number of carbonyl (C=O) groups excluding carboxylic acids is 1. The summed E-state index contributed by atoms with van der Waals surface area (Å²) >= 11 is 0. The minimum Gasteiger partial charge on any atom is -0.355 e. The van der Waals surface area contributed by atoms with E-state index in [1.165, 1.54) is 11.1 Å². The number of benzene rings is 2. The van der Waals surface area contributed by atoms with Crippen molar-refractivity contribution in [3.05, 3.63) is 99.2 Å². The molecule has 1 aromatic heterocycles. The molecule has 6 nitrogen and oxygen atoms in total. The maximum atomic E-state index is 13.4. The maximum Gasteiger partial charge on any atom is 0.258 e. The Morgan fingerprint density at radius 3 is 2.42 bits per heavy atom. The highest BCUT2D eigenvalue weighted by Gasteiger charge is 2.24. The molecular formula is C27H32N4O2. The topological polar surface area (TPSA) is 67.2 Å². The Labute approximate surface area is 195 Å². The predicted octanol–water partition coefficient (Wildman–Crippen LogP) is 3.11. The van der Waals surface area contributed by atoms with Crippen molar-refractivity contribution in [2.45, 2.75) is 52.2 Å². The number of hydrogen-bond acceptors (Lipinski definition) is 4. The number of carbonyl (C=O) groups is 1. The van der Waals surface area contributed by atoms with Crippen LogP contribution in [0.3, 0.4) is 0 Å². The first-order valence-corrected chi connectivity index (χ1v) is 11.8. The molecule has 0 radical (unpaired) electrons. The summed E-state index contributed by atoms with van der Waals surface area (Å²) in [6, 6.07) is 20.5. The van der Waals surface area contributed by atoms with Crippen molar-refractivity contribution in [3.63, 3.8) is 0 Å². The molecule has 0 atom stereocenters. The zero-order valence-electron chi connectivity index (χ0n) is 19.3. The third kappa shape index (κ3) is 5.96. The van der Waals surface area contributed by atoms with Crippen molar-refractivity contribution in [3.8, 4) is 0 Å². The van der Waals surface area contributed by atoms with Crippen LogP contribution in [0.1, 0.15) is 41.6 Å². The fourth-order valence-corrected chi connectivity index (χ4v) is 4.39. The molecular weight excluding hydrogens is 412 g/mol. The molecule has 1 aliphatic heterocycles. The Hall–Kier alpha value is -3.25. The molecule has 0 fully saturated rings. The summed E-state index contributed by atoms with van der Waals surface area (Å²) in [6.45, 7) is 4.84. The van der Waals surface area contributed by atoms with Crippen molar-refractivity contribution in [2.75, 3.05) is 13.1 Å². The van der Waals surface area contributed by atoms with Crippen molar-refractivity contribution < 1.29 is 4.79 Å². The third-order valence-electron chi connectivity index (χ3n) is 6.15. The van der Waals surface area contributed by atoms with Crippen LogP contribution < -0.4 is 10.9 Å². The monoisotopic (exact) mass is 444 g/mol.